The predicted octanol–water partition coefficient (Wildman–Crippen LogP) is 5.50. The molecule has 0 N–H and O–H groups in total. The average molecular weight is 433 g/mol. The normalized spacial score (nSPS) is 10.7. The van der Waals surface area contributed by atoms with E-state index >= 15 is 0 Å². The predicted molar refractivity (Wildman–Crippen MR) is 122 cm³/mol. The third-order valence-corrected chi connectivity index (χ3v) is 4.68. The maximum absolute atomic E-state index is 11.8. The Hall–Kier alpha value is -2.76. The lowest BCUT2D eigenvalue weighted by Crippen LogP contribution is -2.05. The maximum Gasteiger partial charge on any atom is 0.333 e. The summed E-state index contributed by atoms with van der Waals surface area (Å²) in [6.45, 7) is 6.11. The van der Waals surface area contributed by atoms with Gasteiger partial charge in [-0.05, 0) is 43.5 Å². The van der Waals surface area contributed by atoms with E-state index in [1.165, 1.54) is 18.9 Å². The summed E-state index contributed by atoms with van der Waals surface area (Å²) in [5.41, 5.74) is 1.28. The molecule has 0 bridgehead atoms. The van der Waals surface area contributed by atoms with Crippen molar-refractivity contribution in [2.75, 3.05) is 27.4 Å². The van der Waals surface area contributed by atoms with Crippen LogP contribution in [0.5, 0.6) is 11.5 Å². The molecule has 0 saturated heterocycles. The van der Waals surface area contributed by atoms with E-state index in [9.17, 15) is 9.59 Å². The van der Waals surface area contributed by atoms with Crippen LogP contribution in [0.15, 0.2) is 36.4 Å². The molecule has 0 saturated carbocycles. The van der Waals surface area contributed by atoms with Crippen molar-refractivity contribution in [3.63, 3.8) is 0 Å². The van der Waals surface area contributed by atoms with Crippen molar-refractivity contribution >= 4 is 18.0 Å². The summed E-state index contributed by atoms with van der Waals surface area (Å²) in [7, 11) is 3.15. The third-order valence-electron chi connectivity index (χ3n) is 4.68. The summed E-state index contributed by atoms with van der Waals surface area (Å²) < 4.78 is 20.7. The number of ether oxygens (including phenoxy) is 4. The zero-order chi connectivity index (χ0) is 22.9. The molecule has 6 heteroatoms. The highest BCUT2D eigenvalue weighted by Gasteiger charge is 2.04. The van der Waals surface area contributed by atoms with E-state index in [-0.39, 0.29) is 11.9 Å². The van der Waals surface area contributed by atoms with Gasteiger partial charge in [0, 0.05) is 11.6 Å². The van der Waals surface area contributed by atoms with E-state index in [2.05, 4.69) is 6.58 Å². The molecule has 172 valence electrons. The Morgan fingerprint density at radius 1 is 0.839 bits per heavy atom. The van der Waals surface area contributed by atoms with Gasteiger partial charge in [-0.3, -0.25) is 0 Å². The molecule has 0 atom stereocenters. The number of esters is 2. The molecular weight excluding hydrogens is 396 g/mol. The van der Waals surface area contributed by atoms with E-state index in [1.807, 2.05) is 6.07 Å². The zero-order valence-electron chi connectivity index (χ0n) is 19.1. The number of benzene rings is 1. The lowest BCUT2D eigenvalue weighted by atomic mass is 10.1. The summed E-state index contributed by atoms with van der Waals surface area (Å²) in [6, 6.07) is 5.44. The van der Waals surface area contributed by atoms with Gasteiger partial charge in [-0.2, -0.15) is 0 Å². The smallest absolute Gasteiger partial charge is 0.333 e. The minimum Gasteiger partial charge on any atom is -0.493 e. The molecule has 0 aliphatic rings. The second-order valence-electron chi connectivity index (χ2n) is 7.36. The number of hydrogen-bond acceptors (Lipinski definition) is 6. The fourth-order valence-corrected chi connectivity index (χ4v) is 2.89. The van der Waals surface area contributed by atoms with Crippen LogP contribution in [0.4, 0.5) is 0 Å². The summed E-state index contributed by atoms with van der Waals surface area (Å²) >= 11 is 0. The number of unbranched alkanes of at least 4 members (excludes halogenated alkanes) is 7. The van der Waals surface area contributed by atoms with Crippen molar-refractivity contribution in [3.05, 3.63) is 42.0 Å². The first-order chi connectivity index (χ1) is 15.0. The molecule has 1 aromatic rings. The second kappa shape index (κ2) is 16.0. The van der Waals surface area contributed by atoms with Crippen LogP contribution in [0.2, 0.25) is 0 Å². The highest BCUT2D eigenvalue weighted by Crippen LogP contribution is 2.27. The average Bonchev–Trinajstić information content (AvgIpc) is 2.77. The molecule has 0 aliphatic heterocycles. The molecule has 0 unspecified atom stereocenters. The van der Waals surface area contributed by atoms with Gasteiger partial charge in [0.05, 0.1) is 27.4 Å². The van der Waals surface area contributed by atoms with Crippen molar-refractivity contribution in [2.45, 2.75) is 58.3 Å². The molecule has 0 spiro atoms. The van der Waals surface area contributed by atoms with E-state index < -0.39 is 0 Å². The number of rotatable bonds is 16. The monoisotopic (exact) mass is 432 g/mol. The largest absolute Gasteiger partial charge is 0.493 e. The number of carbonyl (C=O) groups is 2. The Labute approximate surface area is 186 Å². The van der Waals surface area contributed by atoms with E-state index in [4.69, 9.17) is 18.9 Å². The lowest BCUT2D eigenvalue weighted by molar-refractivity contribution is -0.139. The Morgan fingerprint density at radius 3 is 1.94 bits per heavy atom. The first-order valence-electron chi connectivity index (χ1n) is 10.9. The summed E-state index contributed by atoms with van der Waals surface area (Å²) in [5, 5.41) is 0. The molecule has 0 heterocycles. The number of carbonyl (C=O) groups excluding carboxylic acids is 2. The molecule has 1 aromatic carbocycles. The highest BCUT2D eigenvalue weighted by molar-refractivity contribution is 5.87. The first kappa shape index (κ1) is 26.3. The summed E-state index contributed by atoms with van der Waals surface area (Å²) in [5.74, 6) is 0.606. The number of hydrogen-bond donors (Lipinski definition) is 0. The lowest BCUT2D eigenvalue weighted by Gasteiger charge is -2.07. The van der Waals surface area contributed by atoms with Gasteiger partial charge in [-0.25, -0.2) is 9.59 Å². The van der Waals surface area contributed by atoms with Crippen LogP contribution in [-0.2, 0) is 19.1 Å². The summed E-state index contributed by atoms with van der Waals surface area (Å²) in [6.07, 6.45) is 11.6. The molecular formula is C25H36O6. The first-order valence-corrected chi connectivity index (χ1v) is 10.9. The molecule has 0 aromatic heterocycles. The van der Waals surface area contributed by atoms with Crippen LogP contribution < -0.4 is 9.47 Å². The van der Waals surface area contributed by atoms with Gasteiger partial charge in [0.1, 0.15) is 0 Å². The van der Waals surface area contributed by atoms with E-state index in [1.54, 1.807) is 39.4 Å². The minimum atomic E-state index is -0.345. The molecule has 0 radical (unpaired) electrons. The quantitative estimate of drug-likeness (QED) is 0.195. The van der Waals surface area contributed by atoms with Gasteiger partial charge >= 0.3 is 11.9 Å². The standard InChI is InChI=1S/C25H36O6/c1-20(2)25(27)31-18-12-10-8-6-5-7-9-11-17-30-24(26)16-14-21-13-15-22(28-3)23(19-21)29-4/h13-16,19H,1,5-12,17-18H2,2-4H3. The van der Waals surface area contributed by atoms with Gasteiger partial charge in [0.25, 0.3) is 0 Å². The highest BCUT2D eigenvalue weighted by atomic mass is 16.5. The Balaban J connectivity index is 2.03. The van der Waals surface area contributed by atoms with E-state index in [0.717, 1.165) is 44.1 Å². The Kier molecular flexibility index (Phi) is 13.6. The van der Waals surface area contributed by atoms with Crippen molar-refractivity contribution < 1.29 is 28.5 Å². The van der Waals surface area contributed by atoms with Crippen LogP contribution in [0, 0.1) is 0 Å². The number of methoxy groups -OCH3 is 2. The molecule has 1 rings (SSSR count). The Morgan fingerprint density at radius 2 is 1.39 bits per heavy atom. The zero-order valence-corrected chi connectivity index (χ0v) is 19.1. The molecule has 6 nitrogen and oxygen atoms in total. The van der Waals surface area contributed by atoms with Crippen LogP contribution >= 0.6 is 0 Å². The van der Waals surface area contributed by atoms with Gasteiger partial charge < -0.3 is 18.9 Å². The molecule has 0 aliphatic carbocycles. The van der Waals surface area contributed by atoms with Crippen molar-refractivity contribution in [2.24, 2.45) is 0 Å². The van der Waals surface area contributed by atoms with Gasteiger partial charge in [-0.1, -0.05) is 51.2 Å². The summed E-state index contributed by atoms with van der Waals surface area (Å²) in [4.78, 5) is 23.1. The van der Waals surface area contributed by atoms with Crippen LogP contribution in [0.3, 0.4) is 0 Å². The van der Waals surface area contributed by atoms with E-state index in [0.29, 0.717) is 30.3 Å². The van der Waals surface area contributed by atoms with Crippen molar-refractivity contribution in [3.8, 4) is 11.5 Å². The Bertz CT molecular complexity index is 723. The SMILES string of the molecule is C=C(C)C(=O)OCCCCCCCCCCOC(=O)C=Cc1ccc(OC)c(OC)c1. The fourth-order valence-electron chi connectivity index (χ4n) is 2.89. The van der Waals surface area contributed by atoms with Gasteiger partial charge in [0.2, 0.25) is 0 Å². The molecule has 0 fully saturated rings. The van der Waals surface area contributed by atoms with Crippen LogP contribution in [-0.4, -0.2) is 39.4 Å². The van der Waals surface area contributed by atoms with Crippen LogP contribution in [0.25, 0.3) is 6.08 Å². The molecule has 0 amide bonds. The van der Waals surface area contributed by atoms with Crippen LogP contribution in [0.1, 0.15) is 63.9 Å². The molecule has 31 heavy (non-hydrogen) atoms. The second-order valence-corrected chi connectivity index (χ2v) is 7.36. The maximum atomic E-state index is 11.8. The van der Waals surface area contributed by atoms with Gasteiger partial charge in [-0.15, -0.1) is 0 Å². The third kappa shape index (κ3) is 11.9. The fraction of sp³-hybridized carbons (Fsp3) is 0.520. The minimum absolute atomic E-state index is 0.308. The van der Waals surface area contributed by atoms with Gasteiger partial charge in [0.15, 0.2) is 11.5 Å². The topological polar surface area (TPSA) is 71.1 Å². The van der Waals surface area contributed by atoms with Crippen molar-refractivity contribution in [1.29, 1.82) is 0 Å². The van der Waals surface area contributed by atoms with Crippen molar-refractivity contribution in [1.82, 2.24) is 0 Å².